The lowest BCUT2D eigenvalue weighted by Gasteiger charge is -2.33. The number of hydrogen-bond acceptors (Lipinski definition) is 5. The van der Waals surface area contributed by atoms with Gasteiger partial charge in [0, 0.05) is 31.2 Å². The average molecular weight is 562 g/mol. The van der Waals surface area contributed by atoms with Crippen molar-refractivity contribution in [2.45, 2.75) is 51.2 Å². The number of ether oxygens (including phenoxy) is 1. The minimum atomic E-state index is -0.855. The molecule has 1 aliphatic rings. The summed E-state index contributed by atoms with van der Waals surface area (Å²) in [5.74, 6) is 0.0173. The van der Waals surface area contributed by atoms with Crippen LogP contribution in [0.4, 0.5) is 0 Å². The molecule has 1 heterocycles. The molecule has 0 amide bonds. The van der Waals surface area contributed by atoms with E-state index in [0.29, 0.717) is 28.3 Å². The molecule has 0 radical (unpaired) electrons. The molecular weight excluding hydrogens is 529 g/mol. The van der Waals surface area contributed by atoms with E-state index < -0.39 is 5.97 Å². The number of imidazole rings is 1. The lowest BCUT2D eigenvalue weighted by Crippen LogP contribution is -2.34. The maximum absolute atomic E-state index is 12.0. The van der Waals surface area contributed by atoms with E-state index in [2.05, 4.69) is 4.90 Å². The van der Waals surface area contributed by atoms with E-state index in [0.717, 1.165) is 30.5 Å². The largest absolute Gasteiger partial charge is 0.493 e. The molecule has 1 aliphatic carbocycles. The number of halogens is 2. The standard InChI is InChI=1S/C28H33Cl2N3O5/c1-31-18-26(34)33(28(31)37)12-13-38-25-11-6-20(14-23(25)30)17-32(16-19-4-2-3-5-19)24(15-27(35)36)21-7-9-22(29)10-8-21/h6-11,14,18-19,24,34H,2-5,12-13,15-17H2,1H3,(H,35,36)/t24-/m1/s1. The van der Waals surface area contributed by atoms with Crippen LogP contribution in [0.1, 0.15) is 49.3 Å². The van der Waals surface area contributed by atoms with Gasteiger partial charge in [-0.15, -0.1) is 0 Å². The number of carboxylic acid groups (broad SMARTS) is 1. The Labute approximate surface area is 232 Å². The molecule has 2 N–H and O–H groups in total. The van der Waals surface area contributed by atoms with Crippen LogP contribution in [0.5, 0.6) is 11.6 Å². The first-order valence-corrected chi connectivity index (χ1v) is 13.5. The number of aromatic hydroxyl groups is 1. The summed E-state index contributed by atoms with van der Waals surface area (Å²) in [6.07, 6.45) is 6.02. The first-order valence-electron chi connectivity index (χ1n) is 12.8. The van der Waals surface area contributed by atoms with Gasteiger partial charge in [-0.1, -0.05) is 54.2 Å². The number of nitrogens with zero attached hydrogens (tertiary/aromatic N) is 3. The van der Waals surface area contributed by atoms with Gasteiger partial charge in [-0.2, -0.15) is 0 Å². The summed E-state index contributed by atoms with van der Waals surface area (Å²) >= 11 is 12.7. The third-order valence-corrected chi connectivity index (χ3v) is 7.65. The zero-order valence-corrected chi connectivity index (χ0v) is 22.9. The van der Waals surface area contributed by atoms with Gasteiger partial charge in [-0.25, -0.2) is 4.79 Å². The second-order valence-corrected chi connectivity index (χ2v) is 10.7. The second-order valence-electron chi connectivity index (χ2n) is 9.89. The Morgan fingerprint density at radius 1 is 1.16 bits per heavy atom. The third kappa shape index (κ3) is 7.12. The molecule has 0 bridgehead atoms. The Bertz CT molecular complexity index is 1300. The van der Waals surface area contributed by atoms with Crippen LogP contribution >= 0.6 is 23.2 Å². The molecule has 2 aromatic carbocycles. The number of aryl methyl sites for hydroxylation is 1. The molecule has 4 rings (SSSR count). The van der Waals surface area contributed by atoms with Gasteiger partial charge >= 0.3 is 11.7 Å². The molecule has 3 aromatic rings. The summed E-state index contributed by atoms with van der Waals surface area (Å²) in [6.45, 7) is 1.66. The molecule has 1 atom stereocenters. The van der Waals surface area contributed by atoms with Crippen LogP contribution in [0.2, 0.25) is 10.0 Å². The fourth-order valence-electron chi connectivity index (χ4n) is 5.17. The Morgan fingerprint density at radius 2 is 1.87 bits per heavy atom. The van der Waals surface area contributed by atoms with E-state index in [1.165, 1.54) is 28.2 Å². The number of carbonyl (C=O) groups is 1. The lowest BCUT2D eigenvalue weighted by molar-refractivity contribution is -0.138. The van der Waals surface area contributed by atoms with E-state index >= 15 is 0 Å². The first-order chi connectivity index (χ1) is 18.2. The van der Waals surface area contributed by atoms with Gasteiger partial charge in [0.05, 0.1) is 24.2 Å². The molecule has 0 aliphatic heterocycles. The number of benzene rings is 2. The quantitative estimate of drug-likeness (QED) is 0.303. The summed E-state index contributed by atoms with van der Waals surface area (Å²) in [5, 5.41) is 20.7. The van der Waals surface area contributed by atoms with Crippen molar-refractivity contribution < 1.29 is 19.7 Å². The summed E-state index contributed by atoms with van der Waals surface area (Å²) in [6, 6.07) is 12.6. The molecule has 1 saturated carbocycles. The van der Waals surface area contributed by atoms with Crippen molar-refractivity contribution in [2.24, 2.45) is 13.0 Å². The molecule has 8 nitrogen and oxygen atoms in total. The minimum absolute atomic E-state index is 0.0189. The lowest BCUT2D eigenvalue weighted by atomic mass is 9.98. The molecule has 0 spiro atoms. The van der Waals surface area contributed by atoms with Gasteiger partial charge in [0.25, 0.3) is 0 Å². The number of aliphatic carboxylic acids is 1. The smallest absolute Gasteiger partial charge is 0.330 e. The molecule has 1 aromatic heterocycles. The summed E-state index contributed by atoms with van der Waals surface area (Å²) in [7, 11) is 1.57. The monoisotopic (exact) mass is 561 g/mol. The highest BCUT2D eigenvalue weighted by atomic mass is 35.5. The number of aromatic nitrogens is 2. The van der Waals surface area contributed by atoms with Crippen molar-refractivity contribution in [3.63, 3.8) is 0 Å². The van der Waals surface area contributed by atoms with Crippen LogP contribution in [0.15, 0.2) is 53.5 Å². The van der Waals surface area contributed by atoms with Gasteiger partial charge in [-0.05, 0) is 54.2 Å². The number of hydrogen-bond donors (Lipinski definition) is 2. The highest BCUT2D eigenvalue weighted by Crippen LogP contribution is 2.34. The average Bonchev–Trinajstić information content (AvgIpc) is 3.47. The summed E-state index contributed by atoms with van der Waals surface area (Å²) < 4.78 is 8.32. The van der Waals surface area contributed by atoms with Crippen LogP contribution in [0, 0.1) is 5.92 Å². The van der Waals surface area contributed by atoms with Gasteiger partial charge in [0.1, 0.15) is 12.4 Å². The van der Waals surface area contributed by atoms with Gasteiger partial charge in [0.15, 0.2) is 0 Å². The van der Waals surface area contributed by atoms with E-state index in [-0.39, 0.29) is 37.2 Å². The maximum Gasteiger partial charge on any atom is 0.330 e. The third-order valence-electron chi connectivity index (χ3n) is 7.10. The van der Waals surface area contributed by atoms with Gasteiger partial charge in [-0.3, -0.25) is 18.8 Å². The van der Waals surface area contributed by atoms with Crippen molar-refractivity contribution in [1.29, 1.82) is 0 Å². The normalized spacial score (nSPS) is 14.7. The predicted molar refractivity (Wildman–Crippen MR) is 147 cm³/mol. The molecule has 204 valence electrons. The van der Waals surface area contributed by atoms with Crippen LogP contribution in [0.3, 0.4) is 0 Å². The Kier molecular flexibility index (Phi) is 9.41. The Morgan fingerprint density at radius 3 is 2.47 bits per heavy atom. The molecule has 0 unspecified atom stereocenters. The number of rotatable bonds is 12. The SMILES string of the molecule is Cn1cc(O)n(CCOc2ccc(CN(CC3CCCC3)[C@H](CC(=O)O)c3ccc(Cl)cc3)cc2Cl)c1=O. The highest BCUT2D eigenvalue weighted by molar-refractivity contribution is 6.32. The fourth-order valence-corrected chi connectivity index (χ4v) is 5.56. The van der Waals surface area contributed by atoms with Crippen molar-refractivity contribution in [1.82, 2.24) is 14.0 Å². The van der Waals surface area contributed by atoms with Crippen LogP contribution in [0.25, 0.3) is 0 Å². The maximum atomic E-state index is 12.0. The zero-order chi connectivity index (χ0) is 27.2. The van der Waals surface area contributed by atoms with Crippen LogP contribution < -0.4 is 10.4 Å². The van der Waals surface area contributed by atoms with E-state index in [9.17, 15) is 19.8 Å². The van der Waals surface area contributed by atoms with Gasteiger partial charge < -0.3 is 14.9 Å². The molecular formula is C28H33Cl2N3O5. The Hall–Kier alpha value is -2.94. The minimum Gasteiger partial charge on any atom is -0.493 e. The van der Waals surface area contributed by atoms with E-state index in [1.807, 2.05) is 24.3 Å². The first kappa shape index (κ1) is 28.1. The van der Waals surface area contributed by atoms with Crippen molar-refractivity contribution >= 4 is 29.2 Å². The summed E-state index contributed by atoms with van der Waals surface area (Å²) in [4.78, 5) is 26.1. The fraction of sp³-hybridized carbons (Fsp3) is 0.429. The molecule has 38 heavy (non-hydrogen) atoms. The van der Waals surface area contributed by atoms with Crippen molar-refractivity contribution in [3.05, 3.63) is 80.3 Å². The van der Waals surface area contributed by atoms with Crippen molar-refractivity contribution in [2.75, 3.05) is 13.2 Å². The van der Waals surface area contributed by atoms with E-state index in [4.69, 9.17) is 27.9 Å². The topological polar surface area (TPSA) is 96.9 Å². The van der Waals surface area contributed by atoms with Gasteiger partial charge in [0.2, 0.25) is 5.88 Å². The molecule has 0 saturated heterocycles. The number of carboxylic acids is 1. The Balaban J connectivity index is 1.50. The second kappa shape index (κ2) is 12.7. The molecule has 1 fully saturated rings. The van der Waals surface area contributed by atoms with E-state index in [1.54, 1.807) is 25.2 Å². The van der Waals surface area contributed by atoms with Crippen LogP contribution in [-0.4, -0.2) is 43.4 Å². The predicted octanol–water partition coefficient (Wildman–Crippen LogP) is 5.49. The zero-order valence-electron chi connectivity index (χ0n) is 21.4. The summed E-state index contributed by atoms with van der Waals surface area (Å²) in [5.41, 5.74) is 1.54. The van der Waals surface area contributed by atoms with Crippen LogP contribution in [-0.2, 0) is 24.9 Å². The highest BCUT2D eigenvalue weighted by Gasteiger charge is 2.27. The van der Waals surface area contributed by atoms with Crippen molar-refractivity contribution in [3.8, 4) is 11.6 Å². The molecule has 10 heteroatoms.